The molecule has 0 saturated heterocycles. The number of halogens is 3. The van der Waals surface area contributed by atoms with Gasteiger partial charge in [-0.15, -0.1) is 0 Å². The minimum absolute atomic E-state index is 0.0436. The van der Waals surface area contributed by atoms with Gasteiger partial charge in [0.05, 0.1) is 32.0 Å². The third-order valence-electron chi connectivity index (χ3n) is 3.54. The van der Waals surface area contributed by atoms with Gasteiger partial charge in [-0.3, -0.25) is 0 Å². The lowest BCUT2D eigenvalue weighted by molar-refractivity contribution is -0.137. The number of ether oxygens (including phenoxy) is 3. The number of hydrogen-bond donors (Lipinski definition) is 0. The van der Waals surface area contributed by atoms with Gasteiger partial charge in [0.25, 0.3) is 0 Å². The molecule has 0 saturated carbocycles. The van der Waals surface area contributed by atoms with Crippen LogP contribution in [0.15, 0.2) is 36.4 Å². The number of alkyl halides is 3. The SMILES string of the molecule is CCOC(=O)c1ccc(C(F)(F)F)cc1-c1ccc(OC)c(OC)c1. The van der Waals surface area contributed by atoms with Crippen molar-refractivity contribution < 1.29 is 32.2 Å². The highest BCUT2D eigenvalue weighted by molar-refractivity contribution is 5.97. The second kappa shape index (κ2) is 7.46. The Morgan fingerprint density at radius 1 is 1.00 bits per heavy atom. The summed E-state index contributed by atoms with van der Waals surface area (Å²) in [6, 6.07) is 7.52. The Bertz CT molecular complexity index is 769. The lowest BCUT2D eigenvalue weighted by Crippen LogP contribution is -2.10. The average molecular weight is 354 g/mol. The van der Waals surface area contributed by atoms with Crippen molar-refractivity contribution in [1.82, 2.24) is 0 Å². The normalized spacial score (nSPS) is 11.1. The zero-order chi connectivity index (χ0) is 18.6. The molecular formula is C18H17F3O4. The third-order valence-corrected chi connectivity index (χ3v) is 3.54. The molecule has 0 spiro atoms. The number of benzene rings is 2. The molecule has 0 radical (unpaired) electrons. The summed E-state index contributed by atoms with van der Waals surface area (Å²) in [5, 5.41) is 0. The van der Waals surface area contributed by atoms with Crippen LogP contribution < -0.4 is 9.47 Å². The summed E-state index contributed by atoms with van der Waals surface area (Å²) in [5.41, 5.74) is -0.326. The third kappa shape index (κ3) is 4.04. The molecule has 4 nitrogen and oxygen atoms in total. The fourth-order valence-corrected chi connectivity index (χ4v) is 2.35. The van der Waals surface area contributed by atoms with Crippen molar-refractivity contribution in [3.8, 4) is 22.6 Å². The summed E-state index contributed by atoms with van der Waals surface area (Å²) in [7, 11) is 2.87. The highest BCUT2D eigenvalue weighted by atomic mass is 19.4. The van der Waals surface area contributed by atoms with Crippen molar-refractivity contribution in [3.05, 3.63) is 47.5 Å². The fourth-order valence-electron chi connectivity index (χ4n) is 2.35. The van der Waals surface area contributed by atoms with Crippen LogP contribution in [-0.2, 0) is 10.9 Å². The highest BCUT2D eigenvalue weighted by Gasteiger charge is 2.32. The quantitative estimate of drug-likeness (QED) is 0.738. The molecule has 7 heteroatoms. The molecule has 0 aliphatic heterocycles. The molecule has 2 aromatic rings. The van der Waals surface area contributed by atoms with Crippen molar-refractivity contribution in [2.45, 2.75) is 13.1 Å². The number of rotatable bonds is 5. The second-order valence-corrected chi connectivity index (χ2v) is 5.05. The molecule has 0 aliphatic rings. The molecular weight excluding hydrogens is 337 g/mol. The lowest BCUT2D eigenvalue weighted by Gasteiger charge is -2.15. The van der Waals surface area contributed by atoms with Crippen LogP contribution in [0.3, 0.4) is 0 Å². The number of hydrogen-bond acceptors (Lipinski definition) is 4. The smallest absolute Gasteiger partial charge is 0.416 e. The summed E-state index contributed by atoms with van der Waals surface area (Å²) in [6.07, 6.45) is -4.53. The molecule has 0 atom stereocenters. The van der Waals surface area contributed by atoms with E-state index in [4.69, 9.17) is 14.2 Å². The van der Waals surface area contributed by atoms with Crippen LogP contribution >= 0.6 is 0 Å². The van der Waals surface area contributed by atoms with E-state index in [1.165, 1.54) is 20.3 Å². The predicted molar refractivity (Wildman–Crippen MR) is 85.9 cm³/mol. The molecule has 0 aromatic heterocycles. The molecule has 0 aliphatic carbocycles. The van der Waals surface area contributed by atoms with Crippen molar-refractivity contribution in [1.29, 1.82) is 0 Å². The van der Waals surface area contributed by atoms with Crippen LogP contribution in [0.5, 0.6) is 11.5 Å². The second-order valence-electron chi connectivity index (χ2n) is 5.05. The van der Waals surface area contributed by atoms with Gasteiger partial charge in [0, 0.05) is 0 Å². The van der Waals surface area contributed by atoms with Crippen molar-refractivity contribution in [2.24, 2.45) is 0 Å². The summed E-state index contributed by atoms with van der Waals surface area (Å²) < 4.78 is 54.4. The Morgan fingerprint density at radius 3 is 2.24 bits per heavy atom. The van der Waals surface area contributed by atoms with Gasteiger partial charge in [0.1, 0.15) is 0 Å². The first-order valence-corrected chi connectivity index (χ1v) is 7.42. The standard InChI is InChI=1S/C18H17F3O4/c1-4-25-17(22)13-7-6-12(18(19,20)21)10-14(13)11-5-8-15(23-2)16(9-11)24-3/h5-10H,4H2,1-3H3. The summed E-state index contributed by atoms with van der Waals surface area (Å²) in [6.45, 7) is 1.74. The van der Waals surface area contributed by atoms with Gasteiger partial charge in [0.2, 0.25) is 0 Å². The minimum atomic E-state index is -4.53. The Balaban J connectivity index is 2.65. The molecule has 134 valence electrons. The van der Waals surface area contributed by atoms with Crippen LogP contribution in [0, 0.1) is 0 Å². The molecule has 0 unspecified atom stereocenters. The van der Waals surface area contributed by atoms with E-state index < -0.39 is 17.7 Å². The van der Waals surface area contributed by atoms with Crippen LogP contribution in [0.4, 0.5) is 13.2 Å². The van der Waals surface area contributed by atoms with Gasteiger partial charge in [0.15, 0.2) is 11.5 Å². The van der Waals surface area contributed by atoms with E-state index in [0.717, 1.165) is 18.2 Å². The molecule has 0 N–H and O–H groups in total. The first-order chi connectivity index (χ1) is 11.8. The Labute approximate surface area is 143 Å². The van der Waals surface area contributed by atoms with E-state index in [2.05, 4.69) is 0 Å². The molecule has 25 heavy (non-hydrogen) atoms. The van der Waals surface area contributed by atoms with E-state index in [9.17, 15) is 18.0 Å². The van der Waals surface area contributed by atoms with Gasteiger partial charge in [-0.1, -0.05) is 6.07 Å². The minimum Gasteiger partial charge on any atom is -0.493 e. The number of carbonyl (C=O) groups is 1. The topological polar surface area (TPSA) is 44.8 Å². The van der Waals surface area contributed by atoms with Crippen LogP contribution in [0.25, 0.3) is 11.1 Å². The number of carbonyl (C=O) groups excluding carboxylic acids is 1. The van der Waals surface area contributed by atoms with Crippen molar-refractivity contribution in [2.75, 3.05) is 20.8 Å². The van der Waals surface area contributed by atoms with Crippen molar-refractivity contribution >= 4 is 5.97 Å². The summed E-state index contributed by atoms with van der Waals surface area (Å²) in [4.78, 5) is 12.1. The zero-order valence-electron chi connectivity index (χ0n) is 13.9. The molecule has 2 aromatic carbocycles. The van der Waals surface area contributed by atoms with Crippen LogP contribution in [-0.4, -0.2) is 26.8 Å². The average Bonchev–Trinajstić information content (AvgIpc) is 2.60. The largest absolute Gasteiger partial charge is 0.493 e. The lowest BCUT2D eigenvalue weighted by atomic mass is 9.96. The molecule has 0 heterocycles. The number of esters is 1. The summed E-state index contributed by atoms with van der Waals surface area (Å²) >= 11 is 0. The summed E-state index contributed by atoms with van der Waals surface area (Å²) in [5.74, 6) is 0.0733. The monoisotopic (exact) mass is 354 g/mol. The van der Waals surface area contributed by atoms with Gasteiger partial charge < -0.3 is 14.2 Å². The molecule has 0 bridgehead atoms. The van der Waals surface area contributed by atoms with E-state index >= 15 is 0 Å². The maximum Gasteiger partial charge on any atom is 0.416 e. The first kappa shape index (κ1) is 18.6. The van der Waals surface area contributed by atoms with Crippen LogP contribution in [0.1, 0.15) is 22.8 Å². The Kier molecular flexibility index (Phi) is 5.56. The van der Waals surface area contributed by atoms with Gasteiger partial charge >= 0.3 is 12.1 Å². The maximum absolute atomic E-state index is 13.1. The number of methoxy groups -OCH3 is 2. The van der Waals surface area contributed by atoms with Gasteiger partial charge in [-0.05, 0) is 48.4 Å². The Morgan fingerprint density at radius 2 is 1.68 bits per heavy atom. The highest BCUT2D eigenvalue weighted by Crippen LogP contribution is 2.37. The van der Waals surface area contributed by atoms with Gasteiger partial charge in [-0.25, -0.2) is 4.79 Å². The van der Waals surface area contributed by atoms with E-state index in [-0.39, 0.29) is 17.7 Å². The zero-order valence-corrected chi connectivity index (χ0v) is 13.9. The Hall–Kier alpha value is -2.70. The maximum atomic E-state index is 13.1. The molecule has 0 amide bonds. The molecule has 0 fully saturated rings. The van der Waals surface area contributed by atoms with E-state index in [0.29, 0.717) is 17.1 Å². The molecule has 2 rings (SSSR count). The van der Waals surface area contributed by atoms with Crippen molar-refractivity contribution in [3.63, 3.8) is 0 Å². The first-order valence-electron chi connectivity index (χ1n) is 7.42. The van der Waals surface area contributed by atoms with E-state index in [1.54, 1.807) is 19.1 Å². The fraction of sp³-hybridized carbons (Fsp3) is 0.278. The van der Waals surface area contributed by atoms with Crippen LogP contribution in [0.2, 0.25) is 0 Å². The predicted octanol–water partition coefficient (Wildman–Crippen LogP) is 4.57. The van der Waals surface area contributed by atoms with E-state index in [1.807, 2.05) is 0 Å². The van der Waals surface area contributed by atoms with Gasteiger partial charge in [-0.2, -0.15) is 13.2 Å².